The molecule has 2 aromatic heterocycles. The van der Waals surface area contributed by atoms with Crippen LogP contribution in [0.25, 0.3) is 21.8 Å². The highest BCUT2D eigenvalue weighted by Gasteiger charge is 2.21. The quantitative estimate of drug-likeness (QED) is 0.628. The van der Waals surface area contributed by atoms with Crippen molar-refractivity contribution in [1.29, 1.82) is 0 Å². The van der Waals surface area contributed by atoms with E-state index in [-0.39, 0.29) is 18.0 Å². The first kappa shape index (κ1) is 19.6. The van der Waals surface area contributed by atoms with Gasteiger partial charge >= 0.3 is 0 Å². The van der Waals surface area contributed by atoms with Gasteiger partial charge in [0.2, 0.25) is 5.91 Å². The van der Waals surface area contributed by atoms with E-state index in [1.165, 1.54) is 11.1 Å². The van der Waals surface area contributed by atoms with Crippen molar-refractivity contribution in [1.82, 2.24) is 25.0 Å². The van der Waals surface area contributed by atoms with Gasteiger partial charge in [0.15, 0.2) is 0 Å². The molecule has 4 rings (SSSR count). The standard InChI is InChI=1S/C22H29N5O2/c1-15-10-16(2)13-26(12-15)9-5-8-23-20(28)14-27-22(29)21-18(11-24-27)17-6-3-4-7-19(17)25-21/h3-4,6-7,11,15-16,25H,5,8-10,12-14H2,1-2H3,(H,23,28)/t15-,16-/m0/s1. The van der Waals surface area contributed by atoms with Crippen molar-refractivity contribution in [3.63, 3.8) is 0 Å². The number of aromatic nitrogens is 3. The monoisotopic (exact) mass is 395 g/mol. The largest absolute Gasteiger partial charge is 0.354 e. The van der Waals surface area contributed by atoms with E-state index in [0.29, 0.717) is 12.1 Å². The van der Waals surface area contributed by atoms with Gasteiger partial charge in [-0.3, -0.25) is 9.59 Å². The molecule has 3 aromatic rings. The van der Waals surface area contributed by atoms with E-state index in [2.05, 4.69) is 34.1 Å². The Kier molecular flexibility index (Phi) is 5.67. The van der Waals surface area contributed by atoms with Gasteiger partial charge in [0.1, 0.15) is 12.1 Å². The molecule has 0 radical (unpaired) electrons. The van der Waals surface area contributed by atoms with Crippen molar-refractivity contribution >= 4 is 27.7 Å². The van der Waals surface area contributed by atoms with Crippen molar-refractivity contribution in [3.8, 4) is 0 Å². The average molecular weight is 396 g/mol. The fourth-order valence-electron chi connectivity index (χ4n) is 4.58. The van der Waals surface area contributed by atoms with E-state index in [9.17, 15) is 9.59 Å². The Labute approximate surface area is 170 Å². The van der Waals surface area contributed by atoms with Crippen LogP contribution in [-0.2, 0) is 11.3 Å². The Morgan fingerprint density at radius 3 is 2.76 bits per heavy atom. The van der Waals surface area contributed by atoms with Gasteiger partial charge in [0.25, 0.3) is 5.56 Å². The van der Waals surface area contributed by atoms with Crippen LogP contribution in [-0.4, -0.2) is 51.8 Å². The molecule has 1 aliphatic heterocycles. The molecule has 1 amide bonds. The minimum absolute atomic E-state index is 0.0675. The molecule has 2 atom stereocenters. The molecule has 1 saturated heterocycles. The molecule has 1 aliphatic rings. The fraction of sp³-hybridized carbons (Fsp3) is 0.500. The number of nitrogens with one attached hydrogen (secondary N) is 2. The summed E-state index contributed by atoms with van der Waals surface area (Å²) >= 11 is 0. The fourth-order valence-corrected chi connectivity index (χ4v) is 4.58. The predicted molar refractivity (Wildman–Crippen MR) is 115 cm³/mol. The molecule has 7 nitrogen and oxygen atoms in total. The van der Waals surface area contributed by atoms with Crippen LogP contribution in [0.15, 0.2) is 35.3 Å². The summed E-state index contributed by atoms with van der Waals surface area (Å²) in [6.45, 7) is 8.43. The number of likely N-dealkylation sites (tertiary alicyclic amines) is 1. The second-order valence-corrected chi connectivity index (χ2v) is 8.48. The molecule has 7 heteroatoms. The second-order valence-electron chi connectivity index (χ2n) is 8.48. The molecule has 0 saturated carbocycles. The molecule has 29 heavy (non-hydrogen) atoms. The van der Waals surface area contributed by atoms with Crippen LogP contribution in [0.2, 0.25) is 0 Å². The molecular weight excluding hydrogens is 366 g/mol. The molecule has 154 valence electrons. The van der Waals surface area contributed by atoms with Crippen LogP contribution in [0.5, 0.6) is 0 Å². The van der Waals surface area contributed by atoms with E-state index in [0.717, 1.165) is 54.2 Å². The van der Waals surface area contributed by atoms with Crippen molar-refractivity contribution in [2.24, 2.45) is 11.8 Å². The van der Waals surface area contributed by atoms with E-state index >= 15 is 0 Å². The van der Waals surface area contributed by atoms with Crippen LogP contribution in [0.1, 0.15) is 26.7 Å². The molecule has 3 heterocycles. The van der Waals surface area contributed by atoms with Gasteiger partial charge in [-0.25, -0.2) is 4.68 Å². The predicted octanol–water partition coefficient (Wildman–Crippen LogP) is 2.36. The van der Waals surface area contributed by atoms with Gasteiger partial charge in [-0.05, 0) is 37.3 Å². The van der Waals surface area contributed by atoms with Gasteiger partial charge < -0.3 is 15.2 Å². The lowest BCUT2D eigenvalue weighted by Gasteiger charge is -2.34. The topological polar surface area (TPSA) is 83.0 Å². The number of piperidine rings is 1. The molecular formula is C22H29N5O2. The van der Waals surface area contributed by atoms with Gasteiger partial charge in [-0.1, -0.05) is 32.0 Å². The Morgan fingerprint density at radius 1 is 1.21 bits per heavy atom. The third kappa shape index (κ3) is 4.34. The number of hydrogen-bond acceptors (Lipinski definition) is 4. The van der Waals surface area contributed by atoms with Crippen LogP contribution < -0.4 is 10.9 Å². The zero-order valence-electron chi connectivity index (χ0n) is 17.1. The maximum absolute atomic E-state index is 12.7. The minimum atomic E-state index is -0.273. The number of amides is 1. The summed E-state index contributed by atoms with van der Waals surface area (Å²) < 4.78 is 1.22. The van der Waals surface area contributed by atoms with Crippen LogP contribution in [0.4, 0.5) is 0 Å². The van der Waals surface area contributed by atoms with Crippen molar-refractivity contribution < 1.29 is 4.79 Å². The zero-order chi connectivity index (χ0) is 20.4. The number of fused-ring (bicyclic) bond motifs is 3. The number of nitrogens with zero attached hydrogens (tertiary/aromatic N) is 3. The zero-order valence-corrected chi connectivity index (χ0v) is 17.1. The van der Waals surface area contributed by atoms with Crippen LogP contribution >= 0.6 is 0 Å². The lowest BCUT2D eigenvalue weighted by atomic mass is 9.92. The summed E-state index contributed by atoms with van der Waals surface area (Å²) in [6, 6.07) is 7.73. The summed E-state index contributed by atoms with van der Waals surface area (Å²) in [5, 5.41) is 8.87. The number of para-hydroxylation sites is 1. The Bertz CT molecular complexity index is 1060. The van der Waals surface area contributed by atoms with E-state index < -0.39 is 0 Å². The number of rotatable bonds is 6. The third-order valence-electron chi connectivity index (χ3n) is 5.73. The normalized spacial score (nSPS) is 20.3. The first-order valence-corrected chi connectivity index (χ1v) is 10.5. The van der Waals surface area contributed by atoms with Crippen molar-refractivity contribution in [3.05, 3.63) is 40.8 Å². The van der Waals surface area contributed by atoms with Crippen LogP contribution in [0.3, 0.4) is 0 Å². The highest BCUT2D eigenvalue weighted by molar-refractivity contribution is 6.06. The first-order valence-electron chi connectivity index (χ1n) is 10.5. The van der Waals surface area contributed by atoms with Crippen LogP contribution in [0, 0.1) is 11.8 Å². The first-order chi connectivity index (χ1) is 14.0. The smallest absolute Gasteiger partial charge is 0.291 e. The number of benzene rings is 1. The van der Waals surface area contributed by atoms with E-state index in [1.54, 1.807) is 6.20 Å². The number of hydrogen-bond donors (Lipinski definition) is 2. The summed E-state index contributed by atoms with van der Waals surface area (Å²) in [5.74, 6) is 1.30. The maximum Gasteiger partial charge on any atom is 0.291 e. The Morgan fingerprint density at radius 2 is 1.97 bits per heavy atom. The van der Waals surface area contributed by atoms with Crippen molar-refractivity contribution in [2.75, 3.05) is 26.2 Å². The molecule has 0 bridgehead atoms. The molecule has 0 aliphatic carbocycles. The summed E-state index contributed by atoms with van der Waals surface area (Å²) in [5.41, 5.74) is 1.11. The number of aromatic amines is 1. The third-order valence-corrected chi connectivity index (χ3v) is 5.73. The molecule has 2 N–H and O–H groups in total. The van der Waals surface area contributed by atoms with Crippen molar-refractivity contribution in [2.45, 2.75) is 33.2 Å². The molecule has 0 spiro atoms. The van der Waals surface area contributed by atoms with Gasteiger partial charge in [-0.2, -0.15) is 5.10 Å². The molecule has 1 fully saturated rings. The summed E-state index contributed by atoms with van der Waals surface area (Å²) in [7, 11) is 0. The number of H-pyrrole nitrogens is 1. The maximum atomic E-state index is 12.7. The summed E-state index contributed by atoms with van der Waals surface area (Å²) in [4.78, 5) is 30.6. The highest BCUT2D eigenvalue weighted by Crippen LogP contribution is 2.22. The van der Waals surface area contributed by atoms with Gasteiger partial charge in [0.05, 0.1) is 6.20 Å². The SMILES string of the molecule is C[C@H]1C[C@H](C)CN(CCCNC(=O)Cn2ncc3c([nH]c4ccccc43)c2=O)C1. The lowest BCUT2D eigenvalue weighted by Crippen LogP contribution is -2.40. The number of carbonyl (C=O) groups is 1. The second kappa shape index (κ2) is 8.37. The summed E-state index contributed by atoms with van der Waals surface area (Å²) in [6.07, 6.45) is 3.87. The highest BCUT2D eigenvalue weighted by atomic mass is 16.2. The Hall–Kier alpha value is -2.67. The van der Waals surface area contributed by atoms with Gasteiger partial charge in [0, 0.05) is 35.9 Å². The van der Waals surface area contributed by atoms with E-state index in [1.807, 2.05) is 24.3 Å². The average Bonchev–Trinajstić information content (AvgIpc) is 3.06. The van der Waals surface area contributed by atoms with E-state index in [4.69, 9.17) is 0 Å². The Balaban J connectivity index is 1.33. The lowest BCUT2D eigenvalue weighted by molar-refractivity contribution is -0.121. The minimum Gasteiger partial charge on any atom is -0.354 e. The number of carbonyl (C=O) groups excluding carboxylic acids is 1. The van der Waals surface area contributed by atoms with Gasteiger partial charge in [-0.15, -0.1) is 0 Å². The molecule has 1 aromatic carbocycles. The molecule has 0 unspecified atom stereocenters.